The molecule has 0 aliphatic heterocycles. The number of fused-ring (bicyclic) bond motifs is 3. The van der Waals surface area contributed by atoms with E-state index in [1.807, 2.05) is 12.1 Å². The maximum absolute atomic E-state index is 15.5. The van der Waals surface area contributed by atoms with E-state index in [9.17, 15) is 0 Å². The first-order valence-electron chi connectivity index (χ1n) is 15.9. The Hall–Kier alpha value is -2.52. The third-order valence-electron chi connectivity index (χ3n) is 8.31. The molecule has 0 aliphatic carbocycles. The molecule has 214 valence electrons. The molecule has 0 bridgehead atoms. The van der Waals surface area contributed by atoms with Crippen LogP contribution in [0.4, 0.5) is 4.39 Å². The number of rotatable bonds is 17. The topological polar surface area (TPSA) is 13.1 Å². The lowest BCUT2D eigenvalue weighted by molar-refractivity contribution is 0.533. The molecule has 0 saturated carbocycles. The molecule has 40 heavy (non-hydrogen) atoms. The lowest BCUT2D eigenvalue weighted by Gasteiger charge is -2.10. The van der Waals surface area contributed by atoms with Crippen molar-refractivity contribution in [3.8, 4) is 11.1 Å². The van der Waals surface area contributed by atoms with Crippen LogP contribution in [0.1, 0.15) is 115 Å². The van der Waals surface area contributed by atoms with Crippen molar-refractivity contribution in [2.24, 2.45) is 0 Å². The molecule has 0 saturated heterocycles. The number of aryl methyl sites for hydroxylation is 2. The van der Waals surface area contributed by atoms with Gasteiger partial charge in [0.2, 0.25) is 0 Å². The average Bonchev–Trinajstić information content (AvgIpc) is 2.98. The smallest absolute Gasteiger partial charge is 0.198 e. The van der Waals surface area contributed by atoms with Gasteiger partial charge in [-0.1, -0.05) is 139 Å². The Labute approximate surface area is 246 Å². The normalized spacial score (nSPS) is 11.6. The molecule has 0 unspecified atom stereocenters. The highest BCUT2D eigenvalue weighted by Gasteiger charge is 2.14. The molecule has 0 N–H and O–H groups in total. The van der Waals surface area contributed by atoms with Crippen LogP contribution >= 0.6 is 12.2 Å². The fraction of sp³-hybridized carbons (Fsp3) is 0.486. The monoisotopic (exact) mass is 558 g/mol. The van der Waals surface area contributed by atoms with Crippen LogP contribution in [-0.4, -0.2) is 0 Å². The van der Waals surface area contributed by atoms with E-state index in [1.54, 1.807) is 0 Å². The van der Waals surface area contributed by atoms with Crippen LogP contribution < -0.4 is 0 Å². The molecule has 1 heterocycles. The van der Waals surface area contributed by atoms with Gasteiger partial charge in [0.25, 0.3) is 0 Å². The van der Waals surface area contributed by atoms with Gasteiger partial charge in [0.15, 0.2) is 16.1 Å². The zero-order chi connectivity index (χ0) is 28.2. The van der Waals surface area contributed by atoms with Gasteiger partial charge < -0.3 is 4.42 Å². The molecule has 0 aliphatic rings. The standard InChI is InChI=1S/C37H47FOS/c1-3-5-7-9-11-13-15-17-28-19-21-29(22-20-28)31-24-25-32-33-26-23-30(18-16-14-12-10-8-6-4-2)35(38)36(33)39-37(40)34(32)27-31/h19-27H,3-18H2,1-2H3. The summed E-state index contributed by atoms with van der Waals surface area (Å²) < 4.78 is 21.8. The highest BCUT2D eigenvalue weighted by Crippen LogP contribution is 2.33. The van der Waals surface area contributed by atoms with Crippen molar-refractivity contribution in [1.29, 1.82) is 0 Å². The van der Waals surface area contributed by atoms with Gasteiger partial charge in [-0.05, 0) is 71.6 Å². The minimum atomic E-state index is -0.253. The molecule has 0 radical (unpaired) electrons. The first kappa shape index (κ1) is 30.4. The zero-order valence-electron chi connectivity index (χ0n) is 24.7. The molecular formula is C37H47FOS. The number of hydrogen-bond donors (Lipinski definition) is 0. The number of benzene rings is 3. The van der Waals surface area contributed by atoms with E-state index in [0.717, 1.165) is 58.5 Å². The number of halogens is 1. The summed E-state index contributed by atoms with van der Waals surface area (Å²) in [6.07, 6.45) is 19.8. The molecule has 0 amide bonds. The van der Waals surface area contributed by atoms with Crippen molar-refractivity contribution in [1.82, 2.24) is 0 Å². The molecule has 3 heteroatoms. The number of hydrogen-bond acceptors (Lipinski definition) is 2. The second-order valence-corrected chi connectivity index (χ2v) is 11.9. The number of unbranched alkanes of at least 4 members (excludes halogenated alkanes) is 12. The summed E-state index contributed by atoms with van der Waals surface area (Å²) in [5.74, 6) is -0.253. The lowest BCUT2D eigenvalue weighted by atomic mass is 9.97. The predicted octanol–water partition coefficient (Wildman–Crippen LogP) is 12.7. The third-order valence-corrected chi connectivity index (χ3v) is 8.61. The van der Waals surface area contributed by atoms with Gasteiger partial charge in [0.05, 0.1) is 0 Å². The van der Waals surface area contributed by atoms with E-state index in [1.165, 1.54) is 82.6 Å². The van der Waals surface area contributed by atoms with Gasteiger partial charge in [0, 0.05) is 10.8 Å². The van der Waals surface area contributed by atoms with Crippen molar-refractivity contribution < 1.29 is 8.81 Å². The minimum Gasteiger partial charge on any atom is -0.441 e. The Balaban J connectivity index is 1.41. The van der Waals surface area contributed by atoms with E-state index in [2.05, 4.69) is 56.3 Å². The van der Waals surface area contributed by atoms with Gasteiger partial charge >= 0.3 is 0 Å². The maximum Gasteiger partial charge on any atom is 0.198 e. The zero-order valence-corrected chi connectivity index (χ0v) is 25.5. The van der Waals surface area contributed by atoms with Gasteiger partial charge in [-0.15, -0.1) is 0 Å². The summed E-state index contributed by atoms with van der Waals surface area (Å²) in [6, 6.07) is 19.1. The van der Waals surface area contributed by atoms with Crippen molar-refractivity contribution in [3.05, 3.63) is 76.2 Å². The fourth-order valence-electron chi connectivity index (χ4n) is 5.80. The highest BCUT2D eigenvalue weighted by molar-refractivity contribution is 7.71. The second-order valence-electron chi connectivity index (χ2n) is 11.5. The molecule has 0 atom stereocenters. The Morgan fingerprint density at radius 2 is 1.12 bits per heavy atom. The maximum atomic E-state index is 15.5. The lowest BCUT2D eigenvalue weighted by Crippen LogP contribution is -1.94. The Kier molecular flexibility index (Phi) is 12.2. The summed E-state index contributed by atoms with van der Waals surface area (Å²) in [4.78, 5) is 0. The summed E-state index contributed by atoms with van der Waals surface area (Å²) in [7, 11) is 0. The van der Waals surface area contributed by atoms with E-state index >= 15 is 4.39 Å². The van der Waals surface area contributed by atoms with Crippen molar-refractivity contribution in [3.63, 3.8) is 0 Å². The fourth-order valence-corrected chi connectivity index (χ4v) is 6.05. The quantitative estimate of drug-likeness (QED) is 0.0726. The van der Waals surface area contributed by atoms with Gasteiger partial charge in [-0.25, -0.2) is 4.39 Å². The van der Waals surface area contributed by atoms with E-state index in [-0.39, 0.29) is 5.82 Å². The second kappa shape index (κ2) is 16.1. The van der Waals surface area contributed by atoms with E-state index in [4.69, 9.17) is 16.6 Å². The molecule has 1 nitrogen and oxygen atoms in total. The first-order chi connectivity index (χ1) is 19.6. The van der Waals surface area contributed by atoms with Gasteiger partial charge in [-0.3, -0.25) is 0 Å². The average molecular weight is 559 g/mol. The molecule has 3 aromatic carbocycles. The molecule has 1 aromatic heterocycles. The first-order valence-corrected chi connectivity index (χ1v) is 16.3. The summed E-state index contributed by atoms with van der Waals surface area (Å²) in [5.41, 5.74) is 4.68. The van der Waals surface area contributed by atoms with Crippen LogP contribution in [0.5, 0.6) is 0 Å². The molecular weight excluding hydrogens is 511 g/mol. The highest BCUT2D eigenvalue weighted by atomic mass is 32.1. The SMILES string of the molecule is CCCCCCCCCc1ccc(-c2ccc3c(c2)c(=S)oc2c(F)c(CCCCCCCCC)ccc23)cc1. The molecule has 4 rings (SSSR count). The predicted molar refractivity (Wildman–Crippen MR) is 173 cm³/mol. The van der Waals surface area contributed by atoms with Crippen LogP contribution in [0.3, 0.4) is 0 Å². The van der Waals surface area contributed by atoms with Crippen LogP contribution in [0.25, 0.3) is 32.9 Å². The van der Waals surface area contributed by atoms with Crippen molar-refractivity contribution in [2.45, 2.75) is 117 Å². The Morgan fingerprint density at radius 3 is 1.77 bits per heavy atom. The largest absolute Gasteiger partial charge is 0.441 e. The van der Waals surface area contributed by atoms with Crippen molar-refractivity contribution >= 4 is 34.0 Å². The summed E-state index contributed by atoms with van der Waals surface area (Å²) in [5, 5.41) is 2.61. The molecule has 4 aromatic rings. The Morgan fingerprint density at radius 1 is 0.575 bits per heavy atom. The Bertz CT molecular complexity index is 1400. The third kappa shape index (κ3) is 8.26. The van der Waals surface area contributed by atoms with E-state index in [0.29, 0.717) is 10.3 Å². The van der Waals surface area contributed by atoms with Crippen LogP contribution in [-0.2, 0) is 12.8 Å². The summed E-state index contributed by atoms with van der Waals surface area (Å²) in [6.45, 7) is 4.50. The van der Waals surface area contributed by atoms with Gasteiger partial charge in [-0.2, -0.15) is 0 Å². The van der Waals surface area contributed by atoms with Gasteiger partial charge in [0.1, 0.15) is 0 Å². The molecule has 0 fully saturated rings. The van der Waals surface area contributed by atoms with Crippen LogP contribution in [0.15, 0.2) is 59.0 Å². The van der Waals surface area contributed by atoms with Crippen LogP contribution in [0.2, 0.25) is 0 Å². The van der Waals surface area contributed by atoms with Crippen molar-refractivity contribution in [2.75, 3.05) is 0 Å². The van der Waals surface area contributed by atoms with E-state index < -0.39 is 0 Å². The minimum absolute atomic E-state index is 0.253. The van der Waals surface area contributed by atoms with Crippen LogP contribution in [0, 0.1) is 10.5 Å². The molecule has 0 spiro atoms. The summed E-state index contributed by atoms with van der Waals surface area (Å²) >= 11 is 5.63.